The molecule has 0 saturated heterocycles. The van der Waals surface area contributed by atoms with Crippen molar-refractivity contribution in [2.24, 2.45) is 5.92 Å². The average molecular weight is 264 g/mol. The van der Waals surface area contributed by atoms with Crippen molar-refractivity contribution in [3.8, 4) is 0 Å². The summed E-state index contributed by atoms with van der Waals surface area (Å²) in [6.45, 7) is 8.57. The Bertz CT molecular complexity index is 384. The Kier molecular flexibility index (Phi) is 6.82. The van der Waals surface area contributed by atoms with Gasteiger partial charge in [-0.25, -0.2) is 0 Å². The van der Waals surface area contributed by atoms with Gasteiger partial charge >= 0.3 is 0 Å². The molecular weight excluding hydrogens is 236 g/mol. The quantitative estimate of drug-likeness (QED) is 0.670. The monoisotopic (exact) mass is 264 g/mol. The van der Waals surface area contributed by atoms with Gasteiger partial charge in [-0.15, -0.1) is 0 Å². The van der Waals surface area contributed by atoms with Gasteiger partial charge in [-0.05, 0) is 32.3 Å². The molecule has 0 aromatic carbocycles. The number of carbonyl (C=O) groups is 1. The van der Waals surface area contributed by atoms with Gasteiger partial charge in [0.25, 0.3) is 0 Å². The summed E-state index contributed by atoms with van der Waals surface area (Å²) in [5.41, 5.74) is 0.917. The van der Waals surface area contributed by atoms with E-state index in [-0.39, 0.29) is 5.92 Å². The Morgan fingerprint density at radius 3 is 2.63 bits per heavy atom. The van der Waals surface area contributed by atoms with Crippen LogP contribution >= 0.6 is 0 Å². The number of unbranched alkanes of at least 4 members (excludes halogenated alkanes) is 1. The van der Waals surface area contributed by atoms with Crippen molar-refractivity contribution in [1.29, 1.82) is 0 Å². The third-order valence-corrected chi connectivity index (χ3v) is 3.92. The normalized spacial score (nSPS) is 14.3. The predicted octanol–water partition coefficient (Wildman–Crippen LogP) is 4.18. The van der Waals surface area contributed by atoms with Crippen LogP contribution in [0, 0.1) is 5.92 Å². The average Bonchev–Trinajstić information content (AvgIpc) is 2.87. The molecule has 19 heavy (non-hydrogen) atoms. The van der Waals surface area contributed by atoms with Crippen LogP contribution in [0.15, 0.2) is 12.3 Å². The molecule has 108 valence electrons. The molecule has 0 amide bonds. The van der Waals surface area contributed by atoms with Gasteiger partial charge in [0.05, 0.1) is 12.1 Å². The highest BCUT2D eigenvalue weighted by molar-refractivity contribution is 5.82. The second-order valence-electron chi connectivity index (χ2n) is 5.43. The standard InChI is InChI=1S/C16H28N2O/c1-5-8-9-14(7-3)16(19)12-15-10-11-18(17-15)13(4)6-2/h10-11,13-14H,5-9,12H2,1-4H3. The van der Waals surface area contributed by atoms with Gasteiger partial charge in [0, 0.05) is 18.2 Å². The Labute approximate surface area is 117 Å². The lowest BCUT2D eigenvalue weighted by atomic mass is 9.92. The highest BCUT2D eigenvalue weighted by Crippen LogP contribution is 2.17. The summed E-state index contributed by atoms with van der Waals surface area (Å²) in [7, 11) is 0. The van der Waals surface area contributed by atoms with Gasteiger partial charge in [0.2, 0.25) is 0 Å². The Hall–Kier alpha value is -1.12. The number of nitrogens with zero attached hydrogens (tertiary/aromatic N) is 2. The van der Waals surface area contributed by atoms with Crippen molar-refractivity contribution in [3.63, 3.8) is 0 Å². The molecule has 0 saturated carbocycles. The van der Waals surface area contributed by atoms with Crippen LogP contribution in [-0.4, -0.2) is 15.6 Å². The lowest BCUT2D eigenvalue weighted by molar-refractivity contribution is -0.122. The molecule has 0 spiro atoms. The van der Waals surface area contributed by atoms with Gasteiger partial charge in [-0.3, -0.25) is 9.48 Å². The molecular formula is C16H28N2O. The van der Waals surface area contributed by atoms with E-state index in [2.05, 4.69) is 32.8 Å². The van der Waals surface area contributed by atoms with Crippen molar-refractivity contribution in [3.05, 3.63) is 18.0 Å². The first-order valence-corrected chi connectivity index (χ1v) is 7.69. The van der Waals surface area contributed by atoms with Crippen molar-refractivity contribution >= 4 is 5.78 Å². The van der Waals surface area contributed by atoms with Crippen LogP contribution in [0.25, 0.3) is 0 Å². The Balaban J connectivity index is 2.57. The number of hydrogen-bond donors (Lipinski definition) is 0. The summed E-state index contributed by atoms with van der Waals surface area (Å²) in [5.74, 6) is 0.569. The molecule has 2 unspecified atom stereocenters. The summed E-state index contributed by atoms with van der Waals surface area (Å²) in [6, 6.07) is 2.39. The summed E-state index contributed by atoms with van der Waals surface area (Å²) in [5, 5.41) is 4.51. The lowest BCUT2D eigenvalue weighted by Crippen LogP contribution is -2.17. The minimum atomic E-state index is 0.216. The maximum atomic E-state index is 12.2. The van der Waals surface area contributed by atoms with Crippen LogP contribution in [0.4, 0.5) is 0 Å². The number of hydrogen-bond acceptors (Lipinski definition) is 2. The fourth-order valence-corrected chi connectivity index (χ4v) is 2.27. The van der Waals surface area contributed by atoms with Gasteiger partial charge in [0.1, 0.15) is 5.78 Å². The van der Waals surface area contributed by atoms with Crippen molar-refractivity contribution in [2.45, 2.75) is 72.3 Å². The number of Topliss-reactive ketones (excluding diaryl/α,β-unsaturated/α-hetero) is 1. The molecule has 0 aliphatic carbocycles. The van der Waals surface area contributed by atoms with Crippen LogP contribution in [0.3, 0.4) is 0 Å². The minimum absolute atomic E-state index is 0.216. The van der Waals surface area contributed by atoms with Crippen LogP contribution in [-0.2, 0) is 11.2 Å². The smallest absolute Gasteiger partial charge is 0.141 e. The summed E-state index contributed by atoms with van der Waals surface area (Å²) in [6.07, 6.45) is 7.82. The fraction of sp³-hybridized carbons (Fsp3) is 0.750. The first kappa shape index (κ1) is 15.9. The van der Waals surface area contributed by atoms with E-state index < -0.39 is 0 Å². The zero-order valence-corrected chi connectivity index (χ0v) is 12.9. The van der Waals surface area contributed by atoms with Gasteiger partial charge < -0.3 is 0 Å². The zero-order valence-electron chi connectivity index (χ0n) is 12.9. The molecule has 2 atom stereocenters. The molecule has 3 heteroatoms. The van der Waals surface area contributed by atoms with Crippen LogP contribution < -0.4 is 0 Å². The van der Waals surface area contributed by atoms with Gasteiger partial charge in [-0.2, -0.15) is 5.10 Å². The molecule has 0 aliphatic heterocycles. The molecule has 0 fully saturated rings. The number of carbonyl (C=O) groups excluding carboxylic acids is 1. The molecule has 0 radical (unpaired) electrons. The summed E-state index contributed by atoms with van der Waals surface area (Å²) in [4.78, 5) is 12.2. The number of ketones is 1. The maximum Gasteiger partial charge on any atom is 0.141 e. The van der Waals surface area contributed by atoms with E-state index in [1.807, 2.05) is 16.9 Å². The lowest BCUT2D eigenvalue weighted by Gasteiger charge is -2.12. The molecule has 1 aromatic heterocycles. The van der Waals surface area contributed by atoms with Crippen molar-refractivity contribution in [2.75, 3.05) is 0 Å². The highest BCUT2D eigenvalue weighted by atomic mass is 16.1. The Morgan fingerprint density at radius 1 is 1.32 bits per heavy atom. The topological polar surface area (TPSA) is 34.9 Å². The molecule has 0 N–H and O–H groups in total. The molecule has 0 bridgehead atoms. The van der Waals surface area contributed by atoms with E-state index >= 15 is 0 Å². The number of rotatable bonds is 9. The van der Waals surface area contributed by atoms with E-state index in [1.165, 1.54) is 0 Å². The summed E-state index contributed by atoms with van der Waals surface area (Å²) < 4.78 is 1.97. The molecule has 0 aliphatic rings. The van der Waals surface area contributed by atoms with E-state index in [1.54, 1.807) is 0 Å². The fourth-order valence-electron chi connectivity index (χ4n) is 2.27. The third-order valence-electron chi connectivity index (χ3n) is 3.92. The molecule has 1 heterocycles. The second-order valence-corrected chi connectivity index (χ2v) is 5.43. The SMILES string of the molecule is CCCCC(CC)C(=O)Cc1ccn(C(C)CC)n1. The highest BCUT2D eigenvalue weighted by Gasteiger charge is 2.17. The maximum absolute atomic E-state index is 12.2. The molecule has 1 aromatic rings. The van der Waals surface area contributed by atoms with Gasteiger partial charge in [0.15, 0.2) is 0 Å². The van der Waals surface area contributed by atoms with E-state index in [0.29, 0.717) is 18.2 Å². The largest absolute Gasteiger partial charge is 0.299 e. The van der Waals surface area contributed by atoms with Crippen LogP contribution in [0.2, 0.25) is 0 Å². The third kappa shape index (κ3) is 4.81. The molecule has 3 nitrogen and oxygen atoms in total. The Morgan fingerprint density at radius 2 is 2.05 bits per heavy atom. The van der Waals surface area contributed by atoms with E-state index in [4.69, 9.17) is 0 Å². The van der Waals surface area contributed by atoms with E-state index in [0.717, 1.165) is 37.8 Å². The minimum Gasteiger partial charge on any atom is -0.299 e. The van der Waals surface area contributed by atoms with Gasteiger partial charge in [-0.1, -0.05) is 33.6 Å². The van der Waals surface area contributed by atoms with Crippen LogP contribution in [0.1, 0.15) is 71.5 Å². The molecule has 1 rings (SSSR count). The zero-order chi connectivity index (χ0) is 14.3. The predicted molar refractivity (Wildman–Crippen MR) is 79.2 cm³/mol. The summed E-state index contributed by atoms with van der Waals surface area (Å²) >= 11 is 0. The van der Waals surface area contributed by atoms with E-state index in [9.17, 15) is 4.79 Å². The second kappa shape index (κ2) is 8.13. The number of aromatic nitrogens is 2. The van der Waals surface area contributed by atoms with Crippen molar-refractivity contribution < 1.29 is 4.79 Å². The first-order chi connectivity index (χ1) is 9.12. The van der Waals surface area contributed by atoms with Crippen LogP contribution in [0.5, 0.6) is 0 Å². The van der Waals surface area contributed by atoms with Crippen molar-refractivity contribution in [1.82, 2.24) is 9.78 Å². The first-order valence-electron chi connectivity index (χ1n) is 7.69.